The summed E-state index contributed by atoms with van der Waals surface area (Å²) in [5.74, 6) is 0.815. The van der Waals surface area contributed by atoms with Gasteiger partial charge in [0.2, 0.25) is 5.91 Å². The van der Waals surface area contributed by atoms with E-state index in [1.54, 1.807) is 4.57 Å². The van der Waals surface area contributed by atoms with E-state index in [1.807, 2.05) is 23.1 Å². The Labute approximate surface area is 171 Å². The number of carbonyl (C=O) groups excluding carboxylic acids is 1. The molecule has 29 heavy (non-hydrogen) atoms. The van der Waals surface area contributed by atoms with E-state index < -0.39 is 0 Å². The van der Waals surface area contributed by atoms with E-state index >= 15 is 0 Å². The Hall–Kier alpha value is -2.67. The number of amides is 1. The van der Waals surface area contributed by atoms with Crippen LogP contribution in [0, 0.1) is 0 Å². The molecule has 7 heteroatoms. The van der Waals surface area contributed by atoms with Gasteiger partial charge >= 0.3 is 5.69 Å². The van der Waals surface area contributed by atoms with Crippen LogP contribution in [0.25, 0.3) is 6.08 Å². The molecule has 0 aliphatic carbocycles. The molecular weight excluding hydrogens is 366 g/mol. The first-order valence-electron chi connectivity index (χ1n) is 10.6. The number of rotatable bonds is 5. The fourth-order valence-electron chi connectivity index (χ4n) is 4.04. The van der Waals surface area contributed by atoms with Gasteiger partial charge in [0.05, 0.1) is 0 Å². The van der Waals surface area contributed by atoms with Crippen molar-refractivity contribution in [2.24, 2.45) is 0 Å². The van der Waals surface area contributed by atoms with Crippen molar-refractivity contribution < 1.29 is 4.79 Å². The molecule has 1 aromatic carbocycles. The average molecular weight is 396 g/mol. The second-order valence-corrected chi connectivity index (χ2v) is 7.81. The lowest BCUT2D eigenvalue weighted by molar-refractivity contribution is -0.133. The lowest BCUT2D eigenvalue weighted by Crippen LogP contribution is -2.50. The number of piperazine rings is 1. The fourth-order valence-corrected chi connectivity index (χ4v) is 4.04. The number of hydrogen-bond acceptors (Lipinski definition) is 4. The molecule has 0 N–H and O–H groups in total. The summed E-state index contributed by atoms with van der Waals surface area (Å²) in [6.45, 7) is 4.73. The van der Waals surface area contributed by atoms with E-state index in [2.05, 4.69) is 34.3 Å². The summed E-state index contributed by atoms with van der Waals surface area (Å²) in [6, 6.07) is 10.3. The third-order valence-corrected chi connectivity index (χ3v) is 5.77. The summed E-state index contributed by atoms with van der Waals surface area (Å²) in [4.78, 5) is 29.4. The minimum atomic E-state index is -0.139. The molecule has 0 saturated carbocycles. The molecule has 0 atom stereocenters. The van der Waals surface area contributed by atoms with Crippen LogP contribution in [-0.2, 0) is 24.3 Å². The van der Waals surface area contributed by atoms with Crippen molar-refractivity contribution in [2.45, 2.75) is 38.8 Å². The summed E-state index contributed by atoms with van der Waals surface area (Å²) in [5, 5.41) is 4.43. The van der Waals surface area contributed by atoms with Gasteiger partial charge in [-0.05, 0) is 18.4 Å². The summed E-state index contributed by atoms with van der Waals surface area (Å²) >= 11 is 0. The zero-order valence-electron chi connectivity index (χ0n) is 16.9. The Morgan fingerprint density at radius 3 is 2.59 bits per heavy atom. The maximum Gasteiger partial charge on any atom is 0.346 e. The van der Waals surface area contributed by atoms with E-state index in [0.29, 0.717) is 13.1 Å². The number of aromatic nitrogens is 3. The van der Waals surface area contributed by atoms with Crippen LogP contribution in [-0.4, -0.2) is 62.8 Å². The molecule has 0 radical (unpaired) electrons. The van der Waals surface area contributed by atoms with Crippen LogP contribution < -0.4 is 5.69 Å². The minimum Gasteiger partial charge on any atom is -0.339 e. The predicted molar refractivity (Wildman–Crippen MR) is 113 cm³/mol. The quantitative estimate of drug-likeness (QED) is 0.772. The van der Waals surface area contributed by atoms with Crippen LogP contribution in [0.2, 0.25) is 0 Å². The zero-order valence-corrected chi connectivity index (χ0v) is 16.9. The first-order chi connectivity index (χ1) is 14.2. The first kappa shape index (κ1) is 19.6. The molecule has 1 aromatic heterocycles. The largest absolute Gasteiger partial charge is 0.346 e. The van der Waals surface area contributed by atoms with Gasteiger partial charge in [-0.2, -0.15) is 5.10 Å². The maximum atomic E-state index is 12.7. The van der Waals surface area contributed by atoms with Gasteiger partial charge in [0.15, 0.2) is 0 Å². The molecule has 154 valence electrons. The maximum absolute atomic E-state index is 12.7. The van der Waals surface area contributed by atoms with Crippen LogP contribution in [0.4, 0.5) is 0 Å². The number of hydrogen-bond donors (Lipinski definition) is 0. The van der Waals surface area contributed by atoms with Gasteiger partial charge in [-0.3, -0.25) is 14.3 Å². The van der Waals surface area contributed by atoms with Crippen LogP contribution in [0.1, 0.15) is 30.7 Å². The summed E-state index contributed by atoms with van der Waals surface area (Å²) in [5.41, 5.74) is 1.06. The topological polar surface area (TPSA) is 63.4 Å². The minimum absolute atomic E-state index is 0.0140. The number of benzene rings is 1. The van der Waals surface area contributed by atoms with Gasteiger partial charge in [-0.15, -0.1) is 0 Å². The van der Waals surface area contributed by atoms with Crippen molar-refractivity contribution in [3.8, 4) is 0 Å². The molecule has 1 saturated heterocycles. The highest BCUT2D eigenvalue weighted by atomic mass is 16.2. The average Bonchev–Trinajstić information content (AvgIpc) is 2.91. The van der Waals surface area contributed by atoms with Crippen molar-refractivity contribution >= 4 is 12.0 Å². The monoisotopic (exact) mass is 395 g/mol. The van der Waals surface area contributed by atoms with Gasteiger partial charge in [-0.25, -0.2) is 9.48 Å². The van der Waals surface area contributed by atoms with Gasteiger partial charge in [0.1, 0.15) is 12.4 Å². The lowest BCUT2D eigenvalue weighted by Gasteiger charge is -2.34. The van der Waals surface area contributed by atoms with Gasteiger partial charge in [0, 0.05) is 45.7 Å². The molecule has 2 aliphatic rings. The molecule has 4 rings (SSSR count). The predicted octanol–water partition coefficient (Wildman–Crippen LogP) is 1.63. The number of nitrogens with zero attached hydrogens (tertiary/aromatic N) is 5. The fraction of sp³-hybridized carbons (Fsp3) is 0.500. The second-order valence-electron chi connectivity index (χ2n) is 7.81. The van der Waals surface area contributed by atoms with Crippen LogP contribution in [0.3, 0.4) is 0 Å². The van der Waals surface area contributed by atoms with E-state index in [1.165, 1.54) is 10.2 Å². The Kier molecular flexibility index (Phi) is 6.24. The molecule has 7 nitrogen and oxygen atoms in total. The highest BCUT2D eigenvalue weighted by molar-refractivity contribution is 5.76. The third-order valence-electron chi connectivity index (χ3n) is 5.77. The van der Waals surface area contributed by atoms with Crippen LogP contribution in [0.5, 0.6) is 0 Å². The Bertz CT molecular complexity index is 907. The number of carbonyl (C=O) groups is 1. The second kappa shape index (κ2) is 9.22. The Balaban J connectivity index is 1.27. The SMILES string of the molecule is O=C(Cn1nc2n(c1=O)CCCCC2)N1CCN(C/C=C/c2ccccc2)CC1. The van der Waals surface area contributed by atoms with Crippen LogP contribution >= 0.6 is 0 Å². The van der Waals surface area contributed by atoms with E-state index in [0.717, 1.165) is 57.7 Å². The van der Waals surface area contributed by atoms with Gasteiger partial charge in [-0.1, -0.05) is 48.9 Å². The van der Waals surface area contributed by atoms with E-state index in [9.17, 15) is 9.59 Å². The molecule has 0 bridgehead atoms. The summed E-state index contributed by atoms with van der Waals surface area (Å²) in [6.07, 6.45) is 8.33. The third kappa shape index (κ3) is 4.85. The molecule has 0 spiro atoms. The van der Waals surface area contributed by atoms with E-state index in [4.69, 9.17) is 0 Å². The number of aryl methyl sites for hydroxylation is 1. The zero-order chi connectivity index (χ0) is 20.1. The Morgan fingerprint density at radius 1 is 1.00 bits per heavy atom. The van der Waals surface area contributed by atoms with E-state index in [-0.39, 0.29) is 18.1 Å². The Morgan fingerprint density at radius 2 is 1.79 bits per heavy atom. The highest BCUT2D eigenvalue weighted by Gasteiger charge is 2.23. The molecular formula is C22H29N5O2. The number of fused-ring (bicyclic) bond motifs is 1. The van der Waals surface area contributed by atoms with Crippen molar-refractivity contribution in [3.05, 3.63) is 58.3 Å². The summed E-state index contributed by atoms with van der Waals surface area (Å²) < 4.78 is 3.11. The highest BCUT2D eigenvalue weighted by Crippen LogP contribution is 2.11. The van der Waals surface area contributed by atoms with Gasteiger partial charge < -0.3 is 4.90 Å². The normalized spacial score (nSPS) is 18.0. The lowest BCUT2D eigenvalue weighted by atomic mass is 10.2. The molecule has 2 aliphatic heterocycles. The van der Waals surface area contributed by atoms with Crippen molar-refractivity contribution in [3.63, 3.8) is 0 Å². The standard InChI is InChI=1S/C22H29N5O2/c28-21(18-27-22(29)26-13-6-2-5-11-20(26)23-27)25-16-14-24(15-17-25)12-7-10-19-8-3-1-4-9-19/h1,3-4,7-10H,2,5-6,11-18H2/b10-7+. The van der Waals surface area contributed by atoms with Crippen molar-refractivity contribution in [2.75, 3.05) is 32.7 Å². The summed E-state index contributed by atoms with van der Waals surface area (Å²) in [7, 11) is 0. The first-order valence-corrected chi connectivity index (χ1v) is 10.6. The molecule has 3 heterocycles. The smallest absolute Gasteiger partial charge is 0.339 e. The van der Waals surface area contributed by atoms with Crippen LogP contribution in [0.15, 0.2) is 41.2 Å². The molecule has 0 unspecified atom stereocenters. The van der Waals surface area contributed by atoms with Crippen molar-refractivity contribution in [1.29, 1.82) is 0 Å². The molecule has 1 fully saturated rings. The molecule has 2 aromatic rings. The molecule has 1 amide bonds. The van der Waals surface area contributed by atoms with Crippen molar-refractivity contribution in [1.82, 2.24) is 24.1 Å². The van der Waals surface area contributed by atoms with Gasteiger partial charge in [0.25, 0.3) is 0 Å².